The molecule has 0 radical (unpaired) electrons. The highest BCUT2D eigenvalue weighted by Gasteiger charge is 2.47. The van der Waals surface area contributed by atoms with Gasteiger partial charge >= 0.3 is 0 Å². The van der Waals surface area contributed by atoms with Gasteiger partial charge in [-0.1, -0.05) is 18.0 Å². The van der Waals surface area contributed by atoms with Crippen LogP contribution in [0.5, 0.6) is 0 Å². The van der Waals surface area contributed by atoms with Gasteiger partial charge in [-0.2, -0.15) is 9.29 Å². The lowest BCUT2D eigenvalue weighted by Gasteiger charge is -2.40. The number of sulfonamides is 1. The summed E-state index contributed by atoms with van der Waals surface area (Å²) in [6.45, 7) is 0.708. The van der Waals surface area contributed by atoms with Crippen LogP contribution in [0.25, 0.3) is 11.5 Å². The summed E-state index contributed by atoms with van der Waals surface area (Å²) in [5.74, 6) is 1.06. The minimum Gasteiger partial charge on any atom is -0.334 e. The average Bonchev–Trinajstić information content (AvgIpc) is 3.45. The Morgan fingerprint density at radius 1 is 1.13 bits per heavy atom. The average molecular weight is 443 g/mol. The summed E-state index contributed by atoms with van der Waals surface area (Å²) in [7, 11) is -3.75. The number of pyridine rings is 1. The maximum Gasteiger partial charge on any atom is 0.258 e. The molecule has 3 aromatic rings. The molecule has 7 nitrogen and oxygen atoms in total. The van der Waals surface area contributed by atoms with Crippen molar-refractivity contribution in [3.05, 3.63) is 60.4 Å². The van der Waals surface area contributed by atoms with Crippen LogP contribution in [0, 0.1) is 11.7 Å². The summed E-state index contributed by atoms with van der Waals surface area (Å²) >= 11 is 0. The van der Waals surface area contributed by atoms with Crippen molar-refractivity contribution in [2.75, 3.05) is 13.1 Å². The second kappa shape index (κ2) is 7.80. The van der Waals surface area contributed by atoms with Crippen LogP contribution in [0.2, 0.25) is 0 Å². The van der Waals surface area contributed by atoms with Crippen molar-refractivity contribution < 1.29 is 17.3 Å². The van der Waals surface area contributed by atoms with Crippen LogP contribution < -0.4 is 0 Å². The Hall–Kier alpha value is -2.65. The minimum atomic E-state index is -3.75. The zero-order chi connectivity index (χ0) is 21.5. The number of benzene rings is 1. The maximum absolute atomic E-state index is 13.3. The van der Waals surface area contributed by atoms with Crippen LogP contribution in [0.1, 0.15) is 37.9 Å². The molecule has 2 aliphatic rings. The van der Waals surface area contributed by atoms with E-state index in [4.69, 9.17) is 4.52 Å². The van der Waals surface area contributed by atoms with Gasteiger partial charge in [0.05, 0.1) is 4.90 Å². The zero-order valence-electron chi connectivity index (χ0n) is 16.9. The molecule has 0 bridgehead atoms. The van der Waals surface area contributed by atoms with Crippen molar-refractivity contribution in [3.8, 4) is 11.5 Å². The molecule has 0 amide bonds. The molecule has 1 aliphatic carbocycles. The fourth-order valence-corrected chi connectivity index (χ4v) is 5.98. The van der Waals surface area contributed by atoms with Gasteiger partial charge in [0.1, 0.15) is 5.82 Å². The summed E-state index contributed by atoms with van der Waals surface area (Å²) in [6, 6.07) is 8.59. The molecule has 2 aromatic heterocycles. The first-order chi connectivity index (χ1) is 15.0. The molecule has 0 N–H and O–H groups in total. The highest BCUT2D eigenvalue weighted by Crippen LogP contribution is 2.46. The number of piperidine rings is 1. The van der Waals surface area contributed by atoms with E-state index in [1.807, 2.05) is 0 Å². The Labute approximate surface area is 180 Å². The first-order valence-electron chi connectivity index (χ1n) is 10.5. The van der Waals surface area contributed by atoms with Crippen molar-refractivity contribution >= 4 is 10.0 Å². The summed E-state index contributed by atoms with van der Waals surface area (Å²) < 4.78 is 46.9. The summed E-state index contributed by atoms with van der Waals surface area (Å²) in [5.41, 5.74) is 0.281. The van der Waals surface area contributed by atoms with Crippen molar-refractivity contribution in [2.24, 2.45) is 5.92 Å². The number of halogens is 1. The van der Waals surface area contributed by atoms with Crippen LogP contribution in [-0.4, -0.2) is 40.9 Å². The van der Waals surface area contributed by atoms with Gasteiger partial charge in [0, 0.05) is 36.5 Å². The molecule has 1 aliphatic heterocycles. The van der Waals surface area contributed by atoms with Gasteiger partial charge in [0.25, 0.3) is 5.89 Å². The third kappa shape index (κ3) is 3.99. The van der Waals surface area contributed by atoms with Gasteiger partial charge in [0.15, 0.2) is 5.82 Å². The Bertz CT molecular complexity index is 1160. The second-order valence-corrected chi connectivity index (χ2v) is 10.4. The van der Waals surface area contributed by atoms with Crippen LogP contribution in [0.15, 0.2) is 58.2 Å². The Morgan fingerprint density at radius 2 is 1.87 bits per heavy atom. The van der Waals surface area contributed by atoms with E-state index in [0.29, 0.717) is 37.1 Å². The van der Waals surface area contributed by atoms with Gasteiger partial charge in [-0.3, -0.25) is 4.98 Å². The van der Waals surface area contributed by atoms with E-state index in [-0.39, 0.29) is 4.90 Å². The topological polar surface area (TPSA) is 89.2 Å². The Kier molecular flexibility index (Phi) is 5.10. The molecule has 1 atom stereocenters. The molecule has 9 heteroatoms. The highest BCUT2D eigenvalue weighted by molar-refractivity contribution is 7.89. The van der Waals surface area contributed by atoms with E-state index < -0.39 is 21.3 Å². The van der Waals surface area contributed by atoms with Crippen molar-refractivity contribution in [3.63, 3.8) is 0 Å². The molecular weight excluding hydrogens is 419 g/mol. The Balaban J connectivity index is 1.48. The van der Waals surface area contributed by atoms with Crippen LogP contribution >= 0.6 is 0 Å². The standard InChI is InChI=1S/C22H23FN4O3S/c23-18-4-6-19(7-5-18)31(28,29)27-13-1-10-22(15-27,14-16-2-3-16)21-25-20(30-26-21)17-8-11-24-12-9-17/h4-9,11-12,16H,1-3,10,13-15H2/t22-/m1/s1. The lowest BCUT2D eigenvalue weighted by atomic mass is 9.75. The van der Waals surface area contributed by atoms with Gasteiger partial charge in [0.2, 0.25) is 10.0 Å². The molecule has 1 saturated carbocycles. The number of aromatic nitrogens is 3. The van der Waals surface area contributed by atoms with Gasteiger partial charge < -0.3 is 4.52 Å². The molecule has 2 fully saturated rings. The number of hydrogen-bond donors (Lipinski definition) is 0. The second-order valence-electron chi connectivity index (χ2n) is 8.48. The molecule has 0 spiro atoms. The molecule has 3 heterocycles. The molecule has 31 heavy (non-hydrogen) atoms. The lowest BCUT2D eigenvalue weighted by molar-refractivity contribution is 0.190. The van der Waals surface area contributed by atoms with E-state index in [9.17, 15) is 12.8 Å². The SMILES string of the molecule is O=S(=O)(c1ccc(F)cc1)N1CCC[C@](CC2CC2)(c2noc(-c3ccncc3)n2)C1. The molecule has 162 valence electrons. The first kappa shape index (κ1) is 20.3. The highest BCUT2D eigenvalue weighted by atomic mass is 32.2. The number of hydrogen-bond acceptors (Lipinski definition) is 6. The Morgan fingerprint density at radius 3 is 2.58 bits per heavy atom. The van der Waals surface area contributed by atoms with Crippen molar-refractivity contribution in [1.29, 1.82) is 0 Å². The van der Waals surface area contributed by atoms with E-state index in [0.717, 1.165) is 31.2 Å². The first-order valence-corrected chi connectivity index (χ1v) is 11.9. The third-order valence-electron chi connectivity index (χ3n) is 6.20. The summed E-state index contributed by atoms with van der Waals surface area (Å²) in [5, 5.41) is 4.29. The van der Waals surface area contributed by atoms with E-state index in [1.165, 1.54) is 28.6 Å². The predicted octanol–water partition coefficient (Wildman–Crippen LogP) is 3.79. The van der Waals surface area contributed by atoms with Crippen molar-refractivity contribution in [1.82, 2.24) is 19.4 Å². The fourth-order valence-electron chi connectivity index (χ4n) is 4.42. The van der Waals surface area contributed by atoms with E-state index >= 15 is 0 Å². The summed E-state index contributed by atoms with van der Waals surface area (Å²) in [4.78, 5) is 8.79. The normalized spacial score (nSPS) is 22.5. The third-order valence-corrected chi connectivity index (χ3v) is 8.06. The molecule has 1 saturated heterocycles. The predicted molar refractivity (Wildman–Crippen MR) is 111 cm³/mol. The number of nitrogens with zero attached hydrogens (tertiary/aromatic N) is 4. The van der Waals surface area contributed by atoms with E-state index in [2.05, 4.69) is 15.1 Å². The van der Waals surface area contributed by atoms with Gasteiger partial charge in [-0.25, -0.2) is 12.8 Å². The van der Waals surface area contributed by atoms with Crippen molar-refractivity contribution in [2.45, 2.75) is 42.4 Å². The maximum atomic E-state index is 13.3. The molecule has 1 aromatic carbocycles. The number of rotatable bonds is 6. The lowest BCUT2D eigenvalue weighted by Crippen LogP contribution is -2.49. The molecule has 5 rings (SSSR count). The van der Waals surface area contributed by atoms with Gasteiger partial charge in [-0.05, 0) is 61.6 Å². The molecule has 0 unspecified atom stereocenters. The summed E-state index contributed by atoms with van der Waals surface area (Å²) in [6.07, 6.45) is 7.94. The quantitative estimate of drug-likeness (QED) is 0.577. The smallest absolute Gasteiger partial charge is 0.258 e. The molecular formula is C22H23FN4O3S. The largest absolute Gasteiger partial charge is 0.334 e. The zero-order valence-corrected chi connectivity index (χ0v) is 17.8. The van der Waals surface area contributed by atoms with Crippen LogP contribution in [-0.2, 0) is 15.4 Å². The minimum absolute atomic E-state index is 0.0988. The van der Waals surface area contributed by atoms with Crippen LogP contribution in [0.4, 0.5) is 4.39 Å². The van der Waals surface area contributed by atoms with E-state index in [1.54, 1.807) is 24.5 Å². The fraction of sp³-hybridized carbons (Fsp3) is 0.409. The van der Waals surface area contributed by atoms with Gasteiger partial charge in [-0.15, -0.1) is 0 Å². The van der Waals surface area contributed by atoms with Crippen LogP contribution in [0.3, 0.4) is 0 Å². The monoisotopic (exact) mass is 442 g/mol.